The summed E-state index contributed by atoms with van der Waals surface area (Å²) in [4.78, 5) is 4.67. The fourth-order valence-corrected chi connectivity index (χ4v) is 7.74. The second-order valence-electron chi connectivity index (χ2n) is 6.43. The van der Waals surface area contributed by atoms with Gasteiger partial charge >= 0.3 is 0 Å². The van der Waals surface area contributed by atoms with E-state index in [1.165, 1.54) is 15.9 Å². The summed E-state index contributed by atoms with van der Waals surface area (Å²) in [6, 6.07) is 32.8. The molecule has 0 unspecified atom stereocenters. The number of aryl methyl sites for hydroxylation is 1. The molecule has 5 heteroatoms. The SMILES string of the molecule is Cl.Cn1ccnc1C[P+](c1ccccc1)(c1ccccc1)c1ccccc1.[Cl-]. The Kier molecular flexibility index (Phi) is 7.83. The second-order valence-corrected chi connectivity index (χ2v) is 9.91. The molecule has 0 amide bonds. The maximum Gasteiger partial charge on any atom is 0.147 e. The lowest BCUT2D eigenvalue weighted by atomic mass is 10.4. The molecule has 1 aromatic heterocycles. The first kappa shape index (κ1) is 22.2. The van der Waals surface area contributed by atoms with E-state index < -0.39 is 7.26 Å². The van der Waals surface area contributed by atoms with Gasteiger partial charge in [-0.2, -0.15) is 0 Å². The highest BCUT2D eigenvalue weighted by molar-refractivity contribution is 7.95. The Labute approximate surface area is 179 Å². The van der Waals surface area contributed by atoms with Crippen LogP contribution in [0, 0.1) is 0 Å². The molecule has 3 aromatic carbocycles. The van der Waals surface area contributed by atoms with Crippen molar-refractivity contribution in [2.45, 2.75) is 6.16 Å². The van der Waals surface area contributed by atoms with Crippen molar-refractivity contribution in [2.24, 2.45) is 7.05 Å². The Morgan fingerprint density at radius 2 is 1.11 bits per heavy atom. The topological polar surface area (TPSA) is 17.8 Å². The van der Waals surface area contributed by atoms with E-state index >= 15 is 0 Å². The van der Waals surface area contributed by atoms with Crippen molar-refractivity contribution in [2.75, 3.05) is 0 Å². The van der Waals surface area contributed by atoms with Crippen molar-refractivity contribution in [1.82, 2.24) is 9.55 Å². The highest BCUT2D eigenvalue weighted by Gasteiger charge is 2.46. The van der Waals surface area contributed by atoms with Crippen LogP contribution in [0.25, 0.3) is 0 Å². The van der Waals surface area contributed by atoms with Gasteiger partial charge in [0.25, 0.3) is 0 Å². The number of nitrogens with zero attached hydrogens (tertiary/aromatic N) is 2. The van der Waals surface area contributed by atoms with E-state index in [9.17, 15) is 0 Å². The van der Waals surface area contributed by atoms with Gasteiger partial charge in [-0.05, 0) is 36.4 Å². The molecule has 0 atom stereocenters. The Bertz CT molecular complexity index is 877. The first-order valence-electron chi connectivity index (χ1n) is 8.82. The molecule has 0 spiro atoms. The second kappa shape index (κ2) is 9.89. The first-order chi connectivity index (χ1) is 12.8. The standard InChI is InChI=1S/C23H22N2P.2ClH/c1-25-18-17-24-23(25)19-26(20-11-5-2-6-12-20,21-13-7-3-8-14-21)22-15-9-4-10-16-22;;/h2-18H,19H2,1H3;2*1H/q+1;;/p-1. The molecule has 144 valence electrons. The highest BCUT2D eigenvalue weighted by atomic mass is 35.5. The minimum atomic E-state index is -1.85. The number of hydrogen-bond donors (Lipinski definition) is 0. The summed E-state index contributed by atoms with van der Waals surface area (Å²) in [5.41, 5.74) is 0. The monoisotopic (exact) mass is 428 g/mol. The molecular formula is C23H23Cl2N2P. The summed E-state index contributed by atoms with van der Waals surface area (Å²) in [5.74, 6) is 1.12. The molecule has 0 saturated heterocycles. The van der Waals surface area contributed by atoms with Crippen molar-refractivity contribution < 1.29 is 12.4 Å². The van der Waals surface area contributed by atoms with Crippen LogP contribution in [0.3, 0.4) is 0 Å². The normalized spacial score (nSPS) is 10.6. The number of hydrogen-bond acceptors (Lipinski definition) is 1. The largest absolute Gasteiger partial charge is 1.00 e. The lowest BCUT2D eigenvalue weighted by molar-refractivity contribution is -0.00000540. The third kappa shape index (κ3) is 4.15. The molecule has 28 heavy (non-hydrogen) atoms. The van der Waals surface area contributed by atoms with Gasteiger partial charge in [-0.15, -0.1) is 12.4 Å². The van der Waals surface area contributed by atoms with Crippen molar-refractivity contribution >= 4 is 35.6 Å². The van der Waals surface area contributed by atoms with Crippen LogP contribution in [0.4, 0.5) is 0 Å². The lowest BCUT2D eigenvalue weighted by Gasteiger charge is -2.27. The smallest absolute Gasteiger partial charge is 0.147 e. The van der Waals surface area contributed by atoms with Gasteiger partial charge in [-0.1, -0.05) is 54.6 Å². The molecule has 2 nitrogen and oxygen atoms in total. The van der Waals surface area contributed by atoms with Crippen LogP contribution in [0.5, 0.6) is 0 Å². The van der Waals surface area contributed by atoms with E-state index in [1.807, 2.05) is 12.4 Å². The van der Waals surface area contributed by atoms with Gasteiger partial charge in [-0.3, -0.25) is 0 Å². The number of aromatic nitrogens is 2. The zero-order valence-corrected chi connectivity index (χ0v) is 18.1. The Morgan fingerprint density at radius 3 is 1.43 bits per heavy atom. The van der Waals surface area contributed by atoms with Crippen LogP contribution < -0.4 is 28.3 Å². The zero-order valence-electron chi connectivity index (χ0n) is 15.6. The van der Waals surface area contributed by atoms with E-state index in [2.05, 4.69) is 108 Å². The number of rotatable bonds is 5. The third-order valence-corrected chi connectivity index (χ3v) is 9.19. The fraction of sp³-hybridized carbons (Fsp3) is 0.0870. The van der Waals surface area contributed by atoms with Gasteiger partial charge in [0.2, 0.25) is 0 Å². The van der Waals surface area contributed by atoms with Gasteiger partial charge in [-0.25, -0.2) is 4.98 Å². The molecule has 0 aliphatic carbocycles. The summed E-state index contributed by atoms with van der Waals surface area (Å²) in [6.45, 7) is 0. The van der Waals surface area contributed by atoms with Gasteiger partial charge < -0.3 is 17.0 Å². The van der Waals surface area contributed by atoms with Crippen LogP contribution in [0.15, 0.2) is 103 Å². The third-order valence-electron chi connectivity index (χ3n) is 4.89. The molecular weight excluding hydrogens is 406 g/mol. The quantitative estimate of drug-likeness (QED) is 0.438. The van der Waals surface area contributed by atoms with E-state index in [4.69, 9.17) is 0 Å². The van der Waals surface area contributed by atoms with Crippen LogP contribution in [-0.4, -0.2) is 9.55 Å². The summed E-state index contributed by atoms with van der Waals surface area (Å²) in [6.07, 6.45) is 4.84. The molecule has 0 radical (unpaired) electrons. The minimum Gasteiger partial charge on any atom is -1.00 e. The van der Waals surface area contributed by atoms with E-state index in [-0.39, 0.29) is 24.8 Å². The Balaban J connectivity index is 0.00000140. The molecule has 1 heterocycles. The van der Waals surface area contributed by atoms with E-state index in [0.29, 0.717) is 0 Å². The molecule has 0 saturated carbocycles. The number of halogens is 2. The van der Waals surface area contributed by atoms with Gasteiger partial charge in [0.15, 0.2) is 0 Å². The molecule has 0 bridgehead atoms. The van der Waals surface area contributed by atoms with Crippen LogP contribution >= 0.6 is 19.7 Å². The highest BCUT2D eigenvalue weighted by Crippen LogP contribution is 2.57. The van der Waals surface area contributed by atoms with Gasteiger partial charge in [0.1, 0.15) is 35.2 Å². The Hall–Kier alpha value is -2.12. The first-order valence-corrected chi connectivity index (χ1v) is 10.8. The molecule has 0 fully saturated rings. The lowest BCUT2D eigenvalue weighted by Crippen LogP contribution is -3.00. The maximum atomic E-state index is 4.67. The summed E-state index contributed by atoms with van der Waals surface area (Å²) in [5, 5.41) is 4.17. The summed E-state index contributed by atoms with van der Waals surface area (Å²) >= 11 is 0. The molecule has 4 aromatic rings. The van der Waals surface area contributed by atoms with Gasteiger partial charge in [0.05, 0.1) is 0 Å². The molecule has 0 aliphatic rings. The van der Waals surface area contributed by atoms with E-state index in [1.54, 1.807) is 0 Å². The molecule has 4 rings (SSSR count). The van der Waals surface area contributed by atoms with Crippen molar-refractivity contribution in [3.05, 3.63) is 109 Å². The minimum absolute atomic E-state index is 0. The van der Waals surface area contributed by atoms with Crippen LogP contribution in [0.2, 0.25) is 0 Å². The van der Waals surface area contributed by atoms with Gasteiger partial charge in [0, 0.05) is 19.4 Å². The Morgan fingerprint density at radius 1 is 0.714 bits per heavy atom. The van der Waals surface area contributed by atoms with Crippen molar-refractivity contribution in [1.29, 1.82) is 0 Å². The summed E-state index contributed by atoms with van der Waals surface area (Å²) in [7, 11) is 0.229. The maximum absolute atomic E-state index is 4.67. The predicted octanol–water partition coefficient (Wildman–Crippen LogP) is 1.34. The fourth-order valence-electron chi connectivity index (χ4n) is 3.53. The average molecular weight is 429 g/mol. The zero-order chi connectivity index (χ0) is 17.8. The van der Waals surface area contributed by atoms with Crippen LogP contribution in [-0.2, 0) is 13.2 Å². The number of benzene rings is 3. The van der Waals surface area contributed by atoms with Crippen LogP contribution in [0.1, 0.15) is 5.82 Å². The van der Waals surface area contributed by atoms with Crippen molar-refractivity contribution in [3.63, 3.8) is 0 Å². The molecule has 0 aliphatic heterocycles. The number of imidazole rings is 1. The average Bonchev–Trinajstić information content (AvgIpc) is 3.12. The molecule has 0 N–H and O–H groups in total. The van der Waals surface area contributed by atoms with Crippen molar-refractivity contribution in [3.8, 4) is 0 Å². The van der Waals surface area contributed by atoms with E-state index in [0.717, 1.165) is 12.0 Å². The predicted molar refractivity (Wildman–Crippen MR) is 119 cm³/mol. The summed E-state index contributed by atoms with van der Waals surface area (Å²) < 4.78 is 2.14.